The van der Waals surface area contributed by atoms with Gasteiger partial charge in [0.15, 0.2) is 0 Å². The van der Waals surface area contributed by atoms with Gasteiger partial charge in [-0.2, -0.15) is 0 Å². The second-order valence-corrected chi connectivity index (χ2v) is 7.35. The molecular formula is C22H19BrN2O3. The third kappa shape index (κ3) is 4.28. The molecule has 0 unspecified atom stereocenters. The minimum atomic E-state index is -0.934. The highest BCUT2D eigenvalue weighted by Crippen LogP contribution is 2.31. The van der Waals surface area contributed by atoms with Crippen LogP contribution < -0.4 is 5.32 Å². The maximum Gasteiger partial charge on any atom is 0.303 e. The number of rotatable bonds is 6. The van der Waals surface area contributed by atoms with Crippen LogP contribution in [0.4, 0.5) is 0 Å². The zero-order chi connectivity index (χ0) is 20.3. The van der Waals surface area contributed by atoms with Gasteiger partial charge in [-0.05, 0) is 37.1 Å². The van der Waals surface area contributed by atoms with Crippen molar-refractivity contribution in [2.75, 3.05) is 0 Å². The second kappa shape index (κ2) is 8.35. The summed E-state index contributed by atoms with van der Waals surface area (Å²) in [5, 5.41) is 12.3. The molecule has 6 heteroatoms. The molecule has 0 atom stereocenters. The van der Waals surface area contributed by atoms with Crippen molar-refractivity contribution in [2.24, 2.45) is 0 Å². The van der Waals surface area contributed by atoms with E-state index in [0.717, 1.165) is 26.7 Å². The molecule has 3 rings (SSSR count). The third-order valence-electron chi connectivity index (χ3n) is 4.40. The van der Waals surface area contributed by atoms with Crippen LogP contribution in [0, 0.1) is 6.92 Å². The lowest BCUT2D eigenvalue weighted by Crippen LogP contribution is -2.24. The fourth-order valence-electron chi connectivity index (χ4n) is 3.04. The van der Waals surface area contributed by atoms with Crippen LogP contribution in [0.1, 0.15) is 28.8 Å². The largest absolute Gasteiger partial charge is 0.481 e. The Morgan fingerprint density at radius 3 is 2.54 bits per heavy atom. The van der Waals surface area contributed by atoms with Crippen LogP contribution in [0.3, 0.4) is 0 Å². The molecule has 0 spiro atoms. The first-order valence-corrected chi connectivity index (χ1v) is 9.52. The number of amides is 1. The molecule has 1 heterocycles. The quantitative estimate of drug-likeness (QED) is 0.562. The van der Waals surface area contributed by atoms with E-state index in [0.29, 0.717) is 16.8 Å². The van der Waals surface area contributed by atoms with Crippen molar-refractivity contribution in [3.63, 3.8) is 0 Å². The highest BCUT2D eigenvalue weighted by Gasteiger charge is 2.19. The highest BCUT2D eigenvalue weighted by atomic mass is 79.9. The summed E-state index contributed by atoms with van der Waals surface area (Å²) in [6.45, 7) is 5.65. The number of fused-ring (bicyclic) bond motifs is 1. The molecule has 28 heavy (non-hydrogen) atoms. The molecule has 0 fully saturated rings. The molecular weight excluding hydrogens is 420 g/mol. The van der Waals surface area contributed by atoms with Gasteiger partial charge in [0, 0.05) is 21.1 Å². The van der Waals surface area contributed by atoms with Gasteiger partial charge in [0.05, 0.1) is 23.2 Å². The summed E-state index contributed by atoms with van der Waals surface area (Å²) in [7, 11) is 0. The maximum absolute atomic E-state index is 13.1. The average Bonchev–Trinajstić information content (AvgIpc) is 2.66. The van der Waals surface area contributed by atoms with Crippen LogP contribution in [0.15, 0.2) is 65.3 Å². The van der Waals surface area contributed by atoms with Gasteiger partial charge in [0.25, 0.3) is 5.91 Å². The average molecular weight is 439 g/mol. The standard InChI is InChI=1S/C22H19BrN2O3/c1-13(8-11-19(26)27)24-22(28)20-14(2)21(15-6-4-3-5-7-15)25-18-10-9-16(23)12-17(18)20/h3-7,9-10,12H,1,8,11H2,2H3,(H,24,28)(H,26,27). The van der Waals surface area contributed by atoms with Crippen molar-refractivity contribution in [3.8, 4) is 11.3 Å². The lowest BCUT2D eigenvalue weighted by atomic mass is 9.97. The Morgan fingerprint density at radius 1 is 1.14 bits per heavy atom. The number of carboxylic acids is 1. The summed E-state index contributed by atoms with van der Waals surface area (Å²) in [5.41, 5.74) is 3.98. The summed E-state index contributed by atoms with van der Waals surface area (Å²) >= 11 is 3.45. The molecule has 1 amide bonds. The second-order valence-electron chi connectivity index (χ2n) is 6.44. The number of carbonyl (C=O) groups excluding carboxylic acids is 1. The normalized spacial score (nSPS) is 10.6. The number of hydrogen-bond donors (Lipinski definition) is 2. The van der Waals surface area contributed by atoms with E-state index in [4.69, 9.17) is 10.1 Å². The van der Waals surface area contributed by atoms with Crippen molar-refractivity contribution in [1.82, 2.24) is 10.3 Å². The van der Waals surface area contributed by atoms with Crippen LogP contribution in [-0.2, 0) is 4.79 Å². The summed E-state index contributed by atoms with van der Waals surface area (Å²) in [6, 6.07) is 15.3. The van der Waals surface area contributed by atoms with Crippen molar-refractivity contribution in [3.05, 3.63) is 76.4 Å². The van der Waals surface area contributed by atoms with Crippen LogP contribution in [0.2, 0.25) is 0 Å². The van der Waals surface area contributed by atoms with Crippen molar-refractivity contribution < 1.29 is 14.7 Å². The monoisotopic (exact) mass is 438 g/mol. The lowest BCUT2D eigenvalue weighted by Gasteiger charge is -2.16. The third-order valence-corrected chi connectivity index (χ3v) is 4.89. The van der Waals surface area contributed by atoms with Crippen LogP contribution >= 0.6 is 15.9 Å². The Hall–Kier alpha value is -2.99. The van der Waals surface area contributed by atoms with E-state index in [2.05, 4.69) is 27.8 Å². The maximum atomic E-state index is 13.1. The van der Waals surface area contributed by atoms with Crippen molar-refractivity contribution in [1.29, 1.82) is 0 Å². The fourth-order valence-corrected chi connectivity index (χ4v) is 3.40. The number of aromatic nitrogens is 1. The number of nitrogens with zero attached hydrogens (tertiary/aromatic N) is 1. The van der Waals surface area contributed by atoms with E-state index in [9.17, 15) is 9.59 Å². The van der Waals surface area contributed by atoms with E-state index in [1.54, 1.807) is 0 Å². The number of carboxylic acid groups (broad SMARTS) is 1. The minimum Gasteiger partial charge on any atom is -0.481 e. The molecule has 2 aromatic carbocycles. The van der Waals surface area contributed by atoms with E-state index in [1.807, 2.05) is 55.5 Å². The molecule has 2 N–H and O–H groups in total. The number of allylic oxidation sites excluding steroid dienone is 1. The van der Waals surface area contributed by atoms with E-state index < -0.39 is 5.97 Å². The Morgan fingerprint density at radius 2 is 1.86 bits per heavy atom. The predicted octanol–water partition coefficient (Wildman–Crippen LogP) is 5.08. The van der Waals surface area contributed by atoms with Gasteiger partial charge in [0.2, 0.25) is 0 Å². The molecule has 1 aromatic heterocycles. The highest BCUT2D eigenvalue weighted by molar-refractivity contribution is 9.10. The first kappa shape index (κ1) is 19.8. The first-order chi connectivity index (χ1) is 13.4. The molecule has 0 radical (unpaired) electrons. The van der Waals surface area contributed by atoms with E-state index >= 15 is 0 Å². The predicted molar refractivity (Wildman–Crippen MR) is 113 cm³/mol. The number of aliphatic carboxylic acids is 1. The molecule has 0 saturated heterocycles. The number of pyridine rings is 1. The zero-order valence-corrected chi connectivity index (χ0v) is 16.9. The summed E-state index contributed by atoms with van der Waals surface area (Å²) < 4.78 is 0.840. The number of hydrogen-bond acceptors (Lipinski definition) is 3. The van der Waals surface area contributed by atoms with Gasteiger partial charge < -0.3 is 10.4 Å². The number of benzene rings is 2. The Kier molecular flexibility index (Phi) is 5.90. The number of carbonyl (C=O) groups is 2. The molecule has 0 aliphatic heterocycles. The van der Waals surface area contributed by atoms with Gasteiger partial charge in [-0.1, -0.05) is 52.8 Å². The summed E-state index contributed by atoms with van der Waals surface area (Å²) in [4.78, 5) is 28.6. The smallest absolute Gasteiger partial charge is 0.303 e. The molecule has 0 bridgehead atoms. The molecule has 3 aromatic rings. The van der Waals surface area contributed by atoms with E-state index in [1.165, 1.54) is 0 Å². The Bertz CT molecular complexity index is 1080. The molecule has 5 nitrogen and oxygen atoms in total. The molecule has 142 valence electrons. The summed E-state index contributed by atoms with van der Waals surface area (Å²) in [6.07, 6.45) is 0.0916. The molecule has 0 saturated carbocycles. The van der Waals surface area contributed by atoms with Crippen molar-refractivity contribution in [2.45, 2.75) is 19.8 Å². The van der Waals surface area contributed by atoms with Crippen LogP contribution in [-0.4, -0.2) is 22.0 Å². The van der Waals surface area contributed by atoms with Gasteiger partial charge in [-0.3, -0.25) is 9.59 Å². The zero-order valence-electron chi connectivity index (χ0n) is 15.3. The van der Waals surface area contributed by atoms with Crippen molar-refractivity contribution >= 4 is 38.7 Å². The topological polar surface area (TPSA) is 79.3 Å². The van der Waals surface area contributed by atoms with Crippen LogP contribution in [0.5, 0.6) is 0 Å². The van der Waals surface area contributed by atoms with E-state index in [-0.39, 0.29) is 18.7 Å². The first-order valence-electron chi connectivity index (χ1n) is 8.73. The van der Waals surface area contributed by atoms with Gasteiger partial charge >= 0.3 is 5.97 Å². The van der Waals surface area contributed by atoms with Gasteiger partial charge in [-0.15, -0.1) is 0 Å². The SMILES string of the molecule is C=C(CCC(=O)O)NC(=O)c1c(C)c(-c2ccccc2)nc2ccc(Br)cc12. The Balaban J connectivity index is 2.10. The fraction of sp³-hybridized carbons (Fsp3) is 0.136. The number of halogens is 1. The summed E-state index contributed by atoms with van der Waals surface area (Å²) in [5.74, 6) is -1.26. The molecule has 0 aliphatic carbocycles. The molecule has 0 aliphatic rings. The van der Waals surface area contributed by atoms with Gasteiger partial charge in [0.1, 0.15) is 0 Å². The number of nitrogens with one attached hydrogen (secondary N) is 1. The Labute approximate surface area is 171 Å². The minimum absolute atomic E-state index is 0.0873. The van der Waals surface area contributed by atoms with Crippen LogP contribution in [0.25, 0.3) is 22.2 Å². The lowest BCUT2D eigenvalue weighted by molar-refractivity contribution is -0.136. The van der Waals surface area contributed by atoms with Gasteiger partial charge in [-0.25, -0.2) is 4.98 Å².